The molecule has 3 nitrogen and oxygen atoms in total. The molecule has 1 N–H and O–H groups in total. The first kappa shape index (κ1) is 12.7. The third-order valence-electron chi connectivity index (χ3n) is 3.31. The number of aromatic nitrogens is 2. The molecule has 0 saturated carbocycles. The SMILES string of the molecule is CCc1cnccc1C(NC)c1cnccc1C. The zero-order chi connectivity index (χ0) is 13.0. The van der Waals surface area contributed by atoms with Gasteiger partial charge in [-0.15, -0.1) is 0 Å². The van der Waals surface area contributed by atoms with Gasteiger partial charge in [0.1, 0.15) is 0 Å². The molecule has 0 saturated heterocycles. The summed E-state index contributed by atoms with van der Waals surface area (Å²) in [6.07, 6.45) is 8.56. The van der Waals surface area contributed by atoms with Gasteiger partial charge in [0.25, 0.3) is 0 Å². The number of nitrogens with one attached hydrogen (secondary N) is 1. The fourth-order valence-electron chi connectivity index (χ4n) is 2.27. The van der Waals surface area contributed by atoms with Crippen molar-refractivity contribution in [3.05, 3.63) is 59.2 Å². The van der Waals surface area contributed by atoms with Crippen LogP contribution in [0.3, 0.4) is 0 Å². The van der Waals surface area contributed by atoms with E-state index in [1.165, 1.54) is 22.3 Å². The van der Waals surface area contributed by atoms with Crippen LogP contribution in [0, 0.1) is 6.92 Å². The lowest BCUT2D eigenvalue weighted by atomic mass is 9.93. The number of aryl methyl sites for hydroxylation is 2. The number of hydrogen-bond donors (Lipinski definition) is 1. The van der Waals surface area contributed by atoms with Crippen LogP contribution in [0.15, 0.2) is 36.9 Å². The van der Waals surface area contributed by atoms with E-state index in [-0.39, 0.29) is 6.04 Å². The van der Waals surface area contributed by atoms with Crippen LogP contribution in [0.4, 0.5) is 0 Å². The molecule has 0 aliphatic rings. The fraction of sp³-hybridized carbons (Fsp3) is 0.333. The molecule has 2 aromatic rings. The summed E-state index contributed by atoms with van der Waals surface area (Å²) >= 11 is 0. The van der Waals surface area contributed by atoms with Crippen molar-refractivity contribution in [3.63, 3.8) is 0 Å². The Labute approximate surface area is 108 Å². The van der Waals surface area contributed by atoms with Gasteiger partial charge in [-0.3, -0.25) is 9.97 Å². The van der Waals surface area contributed by atoms with Crippen molar-refractivity contribution in [1.82, 2.24) is 15.3 Å². The predicted molar refractivity (Wildman–Crippen MR) is 73.5 cm³/mol. The highest BCUT2D eigenvalue weighted by Crippen LogP contribution is 2.26. The van der Waals surface area contributed by atoms with E-state index in [4.69, 9.17) is 0 Å². The van der Waals surface area contributed by atoms with Crippen LogP contribution in [0.2, 0.25) is 0 Å². The van der Waals surface area contributed by atoms with Gasteiger partial charge in [-0.2, -0.15) is 0 Å². The van der Waals surface area contributed by atoms with Crippen LogP contribution < -0.4 is 5.32 Å². The fourth-order valence-corrected chi connectivity index (χ4v) is 2.27. The minimum atomic E-state index is 0.177. The molecule has 2 aromatic heterocycles. The lowest BCUT2D eigenvalue weighted by Gasteiger charge is -2.21. The zero-order valence-electron chi connectivity index (χ0n) is 11.1. The molecular formula is C15H19N3. The summed E-state index contributed by atoms with van der Waals surface area (Å²) in [5, 5.41) is 3.38. The molecule has 1 atom stereocenters. The Balaban J connectivity index is 2.49. The van der Waals surface area contributed by atoms with Crippen molar-refractivity contribution < 1.29 is 0 Å². The van der Waals surface area contributed by atoms with Crippen LogP contribution in [-0.4, -0.2) is 17.0 Å². The van der Waals surface area contributed by atoms with E-state index < -0.39 is 0 Å². The van der Waals surface area contributed by atoms with E-state index in [1.807, 2.05) is 37.9 Å². The smallest absolute Gasteiger partial charge is 0.0596 e. The molecule has 0 fully saturated rings. The summed E-state index contributed by atoms with van der Waals surface area (Å²) in [6, 6.07) is 4.32. The van der Waals surface area contributed by atoms with Crippen molar-refractivity contribution in [2.24, 2.45) is 0 Å². The molecular weight excluding hydrogens is 222 g/mol. The van der Waals surface area contributed by atoms with E-state index >= 15 is 0 Å². The van der Waals surface area contributed by atoms with Gasteiger partial charge in [0, 0.05) is 24.8 Å². The second kappa shape index (κ2) is 5.74. The van der Waals surface area contributed by atoms with Gasteiger partial charge < -0.3 is 5.32 Å². The van der Waals surface area contributed by atoms with E-state index in [0.29, 0.717) is 0 Å². The molecule has 0 spiro atoms. The van der Waals surface area contributed by atoms with Gasteiger partial charge in [0.15, 0.2) is 0 Å². The molecule has 1 unspecified atom stereocenters. The summed E-state index contributed by atoms with van der Waals surface area (Å²) in [5.74, 6) is 0. The average Bonchev–Trinajstić information content (AvgIpc) is 2.42. The Kier molecular flexibility index (Phi) is 4.05. The van der Waals surface area contributed by atoms with Crippen molar-refractivity contribution in [3.8, 4) is 0 Å². The third-order valence-corrected chi connectivity index (χ3v) is 3.31. The second-order valence-electron chi connectivity index (χ2n) is 4.38. The highest BCUT2D eigenvalue weighted by molar-refractivity contribution is 5.38. The highest BCUT2D eigenvalue weighted by Gasteiger charge is 2.16. The molecule has 18 heavy (non-hydrogen) atoms. The Bertz CT molecular complexity index is 523. The van der Waals surface area contributed by atoms with E-state index in [0.717, 1.165) is 6.42 Å². The molecule has 2 heterocycles. The summed E-state index contributed by atoms with van der Waals surface area (Å²) in [6.45, 7) is 4.28. The van der Waals surface area contributed by atoms with E-state index in [2.05, 4.69) is 35.2 Å². The molecule has 94 valence electrons. The van der Waals surface area contributed by atoms with Crippen molar-refractivity contribution in [2.75, 3.05) is 7.05 Å². The molecule has 0 aliphatic carbocycles. The zero-order valence-corrected chi connectivity index (χ0v) is 11.1. The molecule has 3 heteroatoms. The van der Waals surface area contributed by atoms with Gasteiger partial charge in [-0.1, -0.05) is 6.92 Å². The summed E-state index contributed by atoms with van der Waals surface area (Å²) < 4.78 is 0. The summed E-state index contributed by atoms with van der Waals surface area (Å²) in [5.41, 5.74) is 5.04. The molecule has 0 aliphatic heterocycles. The predicted octanol–water partition coefficient (Wildman–Crippen LogP) is 2.66. The van der Waals surface area contributed by atoms with Gasteiger partial charge in [-0.25, -0.2) is 0 Å². The van der Waals surface area contributed by atoms with Crippen molar-refractivity contribution >= 4 is 0 Å². The molecule has 0 radical (unpaired) electrons. The summed E-state index contributed by atoms with van der Waals surface area (Å²) in [4.78, 5) is 8.45. The third kappa shape index (κ3) is 2.41. The molecule has 0 aromatic carbocycles. The maximum Gasteiger partial charge on any atom is 0.0596 e. The average molecular weight is 241 g/mol. The Hall–Kier alpha value is -1.74. The van der Waals surface area contributed by atoms with Gasteiger partial charge in [0.05, 0.1) is 6.04 Å². The monoisotopic (exact) mass is 241 g/mol. The lowest BCUT2D eigenvalue weighted by Crippen LogP contribution is -2.20. The standard InChI is InChI=1S/C15H19N3/c1-4-12-9-17-8-6-13(12)15(16-3)14-10-18-7-5-11(14)2/h5-10,15-16H,4H2,1-3H3. The quantitative estimate of drug-likeness (QED) is 0.894. The summed E-state index contributed by atoms with van der Waals surface area (Å²) in [7, 11) is 1.98. The first-order valence-corrected chi connectivity index (χ1v) is 6.28. The van der Waals surface area contributed by atoms with Gasteiger partial charge in [0.2, 0.25) is 0 Å². The van der Waals surface area contributed by atoms with Crippen LogP contribution in [-0.2, 0) is 6.42 Å². The van der Waals surface area contributed by atoms with Crippen molar-refractivity contribution in [1.29, 1.82) is 0 Å². The molecule has 0 amide bonds. The normalized spacial score (nSPS) is 12.4. The van der Waals surface area contributed by atoms with E-state index in [1.54, 1.807) is 0 Å². The first-order chi connectivity index (χ1) is 8.77. The lowest BCUT2D eigenvalue weighted by molar-refractivity contribution is 0.675. The van der Waals surface area contributed by atoms with Gasteiger partial charge in [-0.05, 0) is 54.8 Å². The Morgan fingerprint density at radius 2 is 1.83 bits per heavy atom. The second-order valence-corrected chi connectivity index (χ2v) is 4.38. The number of rotatable bonds is 4. The van der Waals surface area contributed by atoms with Crippen molar-refractivity contribution in [2.45, 2.75) is 26.3 Å². The molecule has 0 bridgehead atoms. The Morgan fingerprint density at radius 1 is 1.11 bits per heavy atom. The van der Waals surface area contributed by atoms with Crippen LogP contribution >= 0.6 is 0 Å². The minimum absolute atomic E-state index is 0.177. The van der Waals surface area contributed by atoms with E-state index in [9.17, 15) is 0 Å². The molecule has 2 rings (SSSR count). The first-order valence-electron chi connectivity index (χ1n) is 6.28. The largest absolute Gasteiger partial charge is 0.309 e. The number of nitrogens with zero attached hydrogens (tertiary/aromatic N) is 2. The van der Waals surface area contributed by atoms with Crippen LogP contribution in [0.1, 0.15) is 35.2 Å². The van der Waals surface area contributed by atoms with Gasteiger partial charge >= 0.3 is 0 Å². The number of pyridine rings is 2. The highest BCUT2D eigenvalue weighted by atomic mass is 14.9. The number of hydrogen-bond acceptors (Lipinski definition) is 3. The maximum atomic E-state index is 4.24. The minimum Gasteiger partial charge on any atom is -0.309 e. The maximum absolute atomic E-state index is 4.24. The van der Waals surface area contributed by atoms with Crippen LogP contribution in [0.5, 0.6) is 0 Å². The topological polar surface area (TPSA) is 37.8 Å². The van der Waals surface area contributed by atoms with Crippen LogP contribution in [0.25, 0.3) is 0 Å². The Morgan fingerprint density at radius 3 is 2.50 bits per heavy atom.